The Labute approximate surface area is 463 Å². The zero-order valence-corrected chi connectivity index (χ0v) is 45.7. The fourth-order valence-corrected chi connectivity index (χ4v) is 16.9. The molecule has 4 saturated carbocycles. The third kappa shape index (κ3) is 10.6. The maximum absolute atomic E-state index is 11.9. The topological polar surface area (TPSA) is 394 Å². The van der Waals surface area contributed by atoms with Crippen LogP contribution in [0, 0.1) is 52.3 Å². The van der Waals surface area contributed by atoms with Crippen molar-refractivity contribution in [2.24, 2.45) is 52.3 Å². The molecule has 35 atom stereocenters. The summed E-state index contributed by atoms with van der Waals surface area (Å²) in [4.78, 5) is 0. The van der Waals surface area contributed by atoms with Crippen LogP contribution < -0.4 is 0 Å². The van der Waals surface area contributed by atoms with Crippen LogP contribution in [-0.2, 0) is 56.8 Å². The van der Waals surface area contributed by atoms with Gasteiger partial charge in [-0.25, -0.2) is 0 Å². The molecule has 0 aromatic rings. The average Bonchev–Trinajstić information content (AvgIpc) is 4.13. The van der Waals surface area contributed by atoms with E-state index in [1.165, 1.54) is 0 Å². The van der Waals surface area contributed by atoms with E-state index < -0.39 is 174 Å². The third-order valence-electron chi connectivity index (χ3n) is 21.4. The van der Waals surface area contributed by atoms with E-state index in [9.17, 15) is 71.5 Å². The summed E-state index contributed by atoms with van der Waals surface area (Å²) >= 11 is 0. The van der Waals surface area contributed by atoms with Gasteiger partial charge in [0, 0.05) is 12.3 Å². The lowest BCUT2D eigenvalue weighted by Crippen LogP contribution is -2.68. The molecule has 11 aliphatic rings. The van der Waals surface area contributed by atoms with E-state index >= 15 is 0 Å². The molecule has 7 saturated heterocycles. The lowest BCUT2D eigenvalue weighted by molar-refractivity contribution is -0.419. The van der Waals surface area contributed by atoms with Crippen molar-refractivity contribution in [3.63, 3.8) is 0 Å². The zero-order chi connectivity index (χ0) is 57.1. The van der Waals surface area contributed by atoms with E-state index in [1.54, 1.807) is 0 Å². The molecule has 7 heterocycles. The van der Waals surface area contributed by atoms with Gasteiger partial charge in [0.25, 0.3) is 0 Å². The van der Waals surface area contributed by atoms with Gasteiger partial charge in [0.05, 0.1) is 45.2 Å². The molecule has 460 valence electrons. The van der Waals surface area contributed by atoms with Crippen LogP contribution >= 0.6 is 0 Å². The highest BCUT2D eigenvalue weighted by atomic mass is 16.8. The Morgan fingerprint density at radius 2 is 1.10 bits per heavy atom. The minimum atomic E-state index is -2.24. The summed E-state index contributed by atoms with van der Waals surface area (Å²) in [5.74, 6) is 2.89. The monoisotopic (exact) mass is 1150 g/mol. The SMILES string of the molecule is CC1CCC2(OC1)OC1CC3C4CCC5CC(OC6OC(CO)C(OC7OC(O)C(O)C(OC8OC(CO)C(O)C(O)C8O)C7OC7OCC(O)C(OC8OCC(O)C(O)C8O)C7O)C(O)C6O)CCC5(C)C4CCC3(C)C1C2C. The van der Waals surface area contributed by atoms with Crippen LogP contribution in [0.4, 0.5) is 0 Å². The predicted molar refractivity (Wildman–Crippen MR) is 264 cm³/mol. The first-order valence-corrected chi connectivity index (χ1v) is 29.2. The van der Waals surface area contributed by atoms with Crippen LogP contribution in [0.15, 0.2) is 0 Å². The minimum Gasteiger partial charge on any atom is -0.394 e. The van der Waals surface area contributed by atoms with Crippen LogP contribution in [-0.4, -0.2) is 264 Å². The molecule has 7 aliphatic heterocycles. The van der Waals surface area contributed by atoms with Gasteiger partial charge in [-0.1, -0.05) is 27.7 Å². The molecule has 1 spiro atoms. The van der Waals surface area contributed by atoms with Crippen molar-refractivity contribution in [2.45, 2.75) is 251 Å². The molecular formula is C54H88O26. The van der Waals surface area contributed by atoms with Gasteiger partial charge >= 0.3 is 0 Å². The number of fused-ring (bicyclic) bond motifs is 7. The summed E-state index contributed by atoms with van der Waals surface area (Å²) in [7, 11) is 0. The number of hydrogen-bond acceptors (Lipinski definition) is 26. The third-order valence-corrected chi connectivity index (χ3v) is 21.4. The van der Waals surface area contributed by atoms with Crippen LogP contribution in [0.1, 0.15) is 91.9 Å². The van der Waals surface area contributed by atoms with Gasteiger partial charge in [0.1, 0.15) is 104 Å². The van der Waals surface area contributed by atoms with E-state index in [4.69, 9.17) is 56.8 Å². The molecule has 0 bridgehead atoms. The number of aliphatic hydroxyl groups is 14. The number of hydrogen-bond donors (Lipinski definition) is 14. The summed E-state index contributed by atoms with van der Waals surface area (Å²) in [6.45, 7) is 7.52. The summed E-state index contributed by atoms with van der Waals surface area (Å²) in [6.07, 6.45) is -32.5. The van der Waals surface area contributed by atoms with E-state index in [0.29, 0.717) is 54.3 Å². The Kier molecular flexibility index (Phi) is 17.9. The van der Waals surface area contributed by atoms with Crippen molar-refractivity contribution in [1.82, 2.24) is 0 Å². The van der Waals surface area contributed by atoms with Crippen LogP contribution in [0.5, 0.6) is 0 Å². The molecule has 35 unspecified atom stereocenters. The van der Waals surface area contributed by atoms with Crippen LogP contribution in [0.25, 0.3) is 0 Å². The van der Waals surface area contributed by atoms with E-state index in [-0.39, 0.29) is 23.0 Å². The largest absolute Gasteiger partial charge is 0.394 e. The summed E-state index contributed by atoms with van der Waals surface area (Å²) in [5, 5.41) is 152. The molecule has 11 fully saturated rings. The second-order valence-electron chi connectivity index (χ2n) is 25.9. The second kappa shape index (κ2) is 23.6. The Morgan fingerprint density at radius 1 is 0.475 bits per heavy atom. The highest BCUT2D eigenvalue weighted by molar-refractivity contribution is 5.16. The average molecular weight is 1150 g/mol. The fourth-order valence-electron chi connectivity index (χ4n) is 16.9. The quantitative estimate of drug-likeness (QED) is 0.0832. The lowest BCUT2D eigenvalue weighted by Gasteiger charge is -2.61. The first-order valence-electron chi connectivity index (χ1n) is 29.2. The minimum absolute atomic E-state index is 0.0597. The van der Waals surface area contributed by atoms with Gasteiger partial charge in [0.15, 0.2) is 43.5 Å². The van der Waals surface area contributed by atoms with Crippen molar-refractivity contribution < 1.29 is 128 Å². The molecule has 11 rings (SSSR count). The van der Waals surface area contributed by atoms with Crippen molar-refractivity contribution in [1.29, 1.82) is 0 Å². The lowest BCUT2D eigenvalue weighted by atomic mass is 9.44. The molecule has 14 N–H and O–H groups in total. The first kappa shape index (κ1) is 60.6. The van der Waals surface area contributed by atoms with E-state index in [2.05, 4.69) is 27.7 Å². The van der Waals surface area contributed by atoms with Crippen molar-refractivity contribution >= 4 is 0 Å². The molecule has 0 radical (unpaired) electrons. The van der Waals surface area contributed by atoms with Gasteiger partial charge in [-0.2, -0.15) is 0 Å². The highest BCUT2D eigenvalue weighted by Crippen LogP contribution is 2.71. The number of aliphatic hydroxyl groups excluding tert-OH is 14. The molecule has 26 heteroatoms. The van der Waals surface area contributed by atoms with Crippen molar-refractivity contribution in [3.8, 4) is 0 Å². The van der Waals surface area contributed by atoms with E-state index in [0.717, 1.165) is 58.0 Å². The van der Waals surface area contributed by atoms with Gasteiger partial charge in [0.2, 0.25) is 0 Å². The van der Waals surface area contributed by atoms with E-state index in [1.807, 2.05) is 0 Å². The van der Waals surface area contributed by atoms with Gasteiger partial charge < -0.3 is 128 Å². The molecular weight excluding hydrogens is 1060 g/mol. The molecule has 80 heavy (non-hydrogen) atoms. The Morgan fingerprint density at radius 3 is 1.81 bits per heavy atom. The second-order valence-corrected chi connectivity index (χ2v) is 25.9. The van der Waals surface area contributed by atoms with Crippen LogP contribution in [0.3, 0.4) is 0 Å². The Balaban J connectivity index is 0.768. The smallest absolute Gasteiger partial charge is 0.190 e. The van der Waals surface area contributed by atoms with Gasteiger partial charge in [-0.15, -0.1) is 0 Å². The standard InChI is InChI=1S/C54H88O26/c1-20-7-12-54(71-17-20)21(2)32-29(80-54)14-26-24-6-5-22-13-23(8-10-52(22,3)25(24)9-11-53(26,32)4)72-49-39(65)36(62)43(31(16-56)74-49)76-51-45(44(40(66)46(68)79-51)77-50-38(64)35(61)34(60)30(15-55)73-50)78-48-41(67)42(28(58)19-70-48)75-47-37(63)33(59)27(57)18-69-47/h20-51,55-68H,5-19H2,1-4H3. The van der Waals surface area contributed by atoms with Gasteiger partial charge in [-0.3, -0.25) is 0 Å². The zero-order valence-electron chi connectivity index (χ0n) is 45.7. The number of ether oxygens (including phenoxy) is 12. The fraction of sp³-hybridized carbons (Fsp3) is 1.00. The molecule has 0 aromatic heterocycles. The molecule has 4 aliphatic carbocycles. The maximum Gasteiger partial charge on any atom is 0.190 e. The van der Waals surface area contributed by atoms with Crippen molar-refractivity contribution in [2.75, 3.05) is 33.0 Å². The summed E-state index contributed by atoms with van der Waals surface area (Å²) in [5.41, 5.74) is 0.238. The Hall–Kier alpha value is -1.04. The maximum atomic E-state index is 11.9. The molecule has 0 aromatic carbocycles. The highest BCUT2D eigenvalue weighted by Gasteiger charge is 2.69. The Bertz CT molecular complexity index is 2070. The molecule has 0 amide bonds. The number of rotatable bonds is 12. The van der Waals surface area contributed by atoms with Crippen LogP contribution in [0.2, 0.25) is 0 Å². The van der Waals surface area contributed by atoms with Gasteiger partial charge in [-0.05, 0) is 104 Å². The first-order chi connectivity index (χ1) is 38.0. The summed E-state index contributed by atoms with van der Waals surface area (Å²) in [6, 6.07) is 0. The normalized spacial score (nSPS) is 58.1. The molecule has 26 nitrogen and oxygen atoms in total. The van der Waals surface area contributed by atoms with Crippen molar-refractivity contribution in [3.05, 3.63) is 0 Å². The predicted octanol–water partition coefficient (Wildman–Crippen LogP) is -3.85. The summed E-state index contributed by atoms with van der Waals surface area (Å²) < 4.78 is 72.4.